The van der Waals surface area contributed by atoms with Gasteiger partial charge in [0.25, 0.3) is 0 Å². The van der Waals surface area contributed by atoms with Crippen LogP contribution in [0, 0.1) is 0 Å². The van der Waals surface area contributed by atoms with Crippen LogP contribution in [0.3, 0.4) is 0 Å². The second-order valence-electron chi connectivity index (χ2n) is 12.1. The van der Waals surface area contributed by atoms with Gasteiger partial charge < -0.3 is 0 Å². The monoisotopic (exact) mass is 633 g/mol. The van der Waals surface area contributed by atoms with E-state index in [2.05, 4.69) is 144 Å². The summed E-state index contributed by atoms with van der Waals surface area (Å²) in [6, 6.07) is 50.2. The van der Waals surface area contributed by atoms with E-state index in [0.717, 1.165) is 38.3 Å². The smallest absolute Gasteiger partial charge is 0.166 e. The summed E-state index contributed by atoms with van der Waals surface area (Å²) in [5, 5.41) is 11.3. The molecule has 0 spiro atoms. The number of hydrogen-bond acceptors (Lipinski definition) is 4. The zero-order chi connectivity index (χ0) is 30.6. The molecule has 0 saturated heterocycles. The number of rotatable bonds is 2. The van der Waals surface area contributed by atoms with Crippen LogP contribution in [0.2, 0.25) is 0 Å². The standard InChI is InChI=1S/C42H23N3S2/c1-2-12-24(13-3-1)37-41(44-42-38(43-37)30-19-9-11-21-33(30)47-42)45-32-20-10-8-18-29(32)35-27-16-6-7-17-28(27)36-31-22-25-14-4-5-15-26(25)23-34(31)46-40(36)39(35)45/h1-23H. The Kier molecular flexibility index (Phi) is 5.14. The molecule has 0 radical (unpaired) electrons. The van der Waals surface area contributed by atoms with Gasteiger partial charge in [-0.15, -0.1) is 22.7 Å². The van der Waals surface area contributed by atoms with Gasteiger partial charge in [0.15, 0.2) is 5.82 Å². The molecule has 0 N–H and O–H groups in total. The van der Waals surface area contributed by atoms with Gasteiger partial charge in [-0.25, -0.2) is 9.97 Å². The molecule has 218 valence electrons. The molecule has 0 fully saturated rings. The van der Waals surface area contributed by atoms with Crippen molar-refractivity contribution in [3.05, 3.63) is 140 Å². The predicted molar refractivity (Wildman–Crippen MR) is 203 cm³/mol. The third-order valence-electron chi connectivity index (χ3n) is 9.57. The number of benzene rings is 7. The normalized spacial score (nSPS) is 12.3. The van der Waals surface area contributed by atoms with E-state index in [4.69, 9.17) is 9.97 Å². The summed E-state index contributed by atoms with van der Waals surface area (Å²) in [4.78, 5) is 11.9. The van der Waals surface area contributed by atoms with E-state index in [1.807, 2.05) is 11.3 Å². The highest BCUT2D eigenvalue weighted by molar-refractivity contribution is 7.27. The average molecular weight is 634 g/mol. The van der Waals surface area contributed by atoms with E-state index in [1.165, 1.54) is 62.7 Å². The van der Waals surface area contributed by atoms with Crippen LogP contribution in [0.1, 0.15) is 0 Å². The first-order valence-electron chi connectivity index (χ1n) is 15.8. The van der Waals surface area contributed by atoms with Crippen molar-refractivity contribution >= 4 is 107 Å². The van der Waals surface area contributed by atoms with Crippen LogP contribution >= 0.6 is 22.7 Å². The van der Waals surface area contributed by atoms with Crippen LogP contribution < -0.4 is 0 Å². The van der Waals surface area contributed by atoms with E-state index < -0.39 is 0 Å². The molecule has 47 heavy (non-hydrogen) atoms. The van der Waals surface area contributed by atoms with E-state index in [9.17, 15) is 0 Å². The molecule has 0 aliphatic rings. The molecule has 7 aromatic carbocycles. The van der Waals surface area contributed by atoms with Crippen molar-refractivity contribution in [2.24, 2.45) is 0 Å². The Bertz CT molecular complexity index is 3070. The third-order valence-corrected chi connectivity index (χ3v) is 11.8. The molecule has 11 rings (SSSR count). The molecular formula is C42H23N3S2. The van der Waals surface area contributed by atoms with Gasteiger partial charge in [-0.1, -0.05) is 115 Å². The topological polar surface area (TPSA) is 30.7 Å². The van der Waals surface area contributed by atoms with Gasteiger partial charge in [-0.05, 0) is 45.8 Å². The summed E-state index contributed by atoms with van der Waals surface area (Å²) >= 11 is 3.60. The molecule has 4 aromatic heterocycles. The van der Waals surface area contributed by atoms with Crippen LogP contribution in [-0.2, 0) is 0 Å². The minimum Gasteiger partial charge on any atom is -0.290 e. The molecule has 0 amide bonds. The van der Waals surface area contributed by atoms with E-state index in [0.29, 0.717) is 0 Å². The number of thiophene rings is 2. The van der Waals surface area contributed by atoms with Crippen molar-refractivity contribution in [2.75, 3.05) is 0 Å². The summed E-state index contributed by atoms with van der Waals surface area (Å²) in [5.74, 6) is 0.862. The summed E-state index contributed by atoms with van der Waals surface area (Å²) < 4.78 is 6.18. The molecule has 0 atom stereocenters. The van der Waals surface area contributed by atoms with Gasteiger partial charge in [0.1, 0.15) is 16.0 Å². The lowest BCUT2D eigenvalue weighted by atomic mass is 9.98. The van der Waals surface area contributed by atoms with E-state index in [1.54, 1.807) is 11.3 Å². The lowest BCUT2D eigenvalue weighted by Crippen LogP contribution is -2.03. The molecule has 3 nitrogen and oxygen atoms in total. The molecule has 0 saturated carbocycles. The van der Waals surface area contributed by atoms with Crippen molar-refractivity contribution in [3.63, 3.8) is 0 Å². The Balaban J connectivity index is 1.40. The van der Waals surface area contributed by atoms with Crippen LogP contribution in [0.4, 0.5) is 0 Å². The van der Waals surface area contributed by atoms with Gasteiger partial charge in [0.2, 0.25) is 0 Å². The van der Waals surface area contributed by atoms with Gasteiger partial charge >= 0.3 is 0 Å². The fraction of sp³-hybridized carbons (Fsp3) is 0. The van der Waals surface area contributed by atoms with Crippen LogP contribution in [0.25, 0.3) is 101 Å². The van der Waals surface area contributed by atoms with Crippen molar-refractivity contribution in [2.45, 2.75) is 0 Å². The molecule has 0 aliphatic carbocycles. The lowest BCUT2D eigenvalue weighted by Gasteiger charge is -2.13. The zero-order valence-electron chi connectivity index (χ0n) is 24.9. The fourth-order valence-corrected chi connectivity index (χ4v) is 9.85. The molecule has 4 heterocycles. The van der Waals surface area contributed by atoms with E-state index >= 15 is 0 Å². The first-order chi connectivity index (χ1) is 23.3. The molecular weight excluding hydrogens is 611 g/mol. The number of aromatic nitrogens is 3. The largest absolute Gasteiger partial charge is 0.290 e. The zero-order valence-corrected chi connectivity index (χ0v) is 26.6. The molecule has 11 aromatic rings. The van der Waals surface area contributed by atoms with Crippen LogP contribution in [0.5, 0.6) is 0 Å². The first kappa shape index (κ1) is 25.6. The van der Waals surface area contributed by atoms with Gasteiger partial charge in [0.05, 0.1) is 15.7 Å². The van der Waals surface area contributed by atoms with Crippen LogP contribution in [0.15, 0.2) is 140 Å². The van der Waals surface area contributed by atoms with E-state index in [-0.39, 0.29) is 0 Å². The van der Waals surface area contributed by atoms with Gasteiger partial charge in [-0.2, -0.15) is 0 Å². The second-order valence-corrected chi connectivity index (χ2v) is 14.2. The molecule has 0 aliphatic heterocycles. The number of hydrogen-bond donors (Lipinski definition) is 0. The van der Waals surface area contributed by atoms with Crippen molar-refractivity contribution in [1.29, 1.82) is 0 Å². The Morgan fingerprint density at radius 2 is 1.15 bits per heavy atom. The maximum Gasteiger partial charge on any atom is 0.166 e. The molecule has 5 heteroatoms. The predicted octanol–water partition coefficient (Wildman–Crippen LogP) is 12.3. The number of para-hydroxylation sites is 1. The van der Waals surface area contributed by atoms with Gasteiger partial charge in [0, 0.05) is 41.9 Å². The Morgan fingerprint density at radius 3 is 1.98 bits per heavy atom. The molecule has 0 bridgehead atoms. The van der Waals surface area contributed by atoms with Crippen LogP contribution in [-0.4, -0.2) is 14.5 Å². The Hall–Kier alpha value is -5.62. The SMILES string of the molecule is c1ccc(-c2nc3c(nc2-n2c4ccccc4c4c5ccccc5c5c6cc7ccccc7cc6sc5c42)sc2ccccc23)cc1. The lowest BCUT2D eigenvalue weighted by molar-refractivity contribution is 1.09. The molecule has 0 unspecified atom stereocenters. The Labute approximate surface area is 276 Å². The Morgan fingerprint density at radius 1 is 0.489 bits per heavy atom. The highest BCUT2D eigenvalue weighted by Crippen LogP contribution is 2.49. The highest BCUT2D eigenvalue weighted by atomic mass is 32.1. The number of nitrogens with zero attached hydrogens (tertiary/aromatic N) is 3. The fourth-order valence-electron chi connectivity index (χ4n) is 7.54. The first-order valence-corrected chi connectivity index (χ1v) is 17.4. The average Bonchev–Trinajstić information content (AvgIpc) is 3.80. The second kappa shape index (κ2) is 9.46. The van der Waals surface area contributed by atoms with Crippen molar-refractivity contribution < 1.29 is 0 Å². The van der Waals surface area contributed by atoms with Crippen molar-refractivity contribution in [1.82, 2.24) is 14.5 Å². The maximum absolute atomic E-state index is 5.54. The minimum absolute atomic E-state index is 0.862. The summed E-state index contributed by atoms with van der Waals surface area (Å²) in [7, 11) is 0. The maximum atomic E-state index is 5.54. The summed E-state index contributed by atoms with van der Waals surface area (Å²) in [6.07, 6.45) is 0. The van der Waals surface area contributed by atoms with Gasteiger partial charge in [-0.3, -0.25) is 4.57 Å². The van der Waals surface area contributed by atoms with Crippen molar-refractivity contribution in [3.8, 4) is 17.1 Å². The third kappa shape index (κ3) is 3.50. The minimum atomic E-state index is 0.862. The quantitative estimate of drug-likeness (QED) is 0.190. The summed E-state index contributed by atoms with van der Waals surface area (Å²) in [6.45, 7) is 0. The summed E-state index contributed by atoms with van der Waals surface area (Å²) in [5.41, 5.74) is 5.22. The highest BCUT2D eigenvalue weighted by Gasteiger charge is 2.25. The number of fused-ring (bicyclic) bond motifs is 14.